The van der Waals surface area contributed by atoms with Gasteiger partial charge in [-0.2, -0.15) is 12.6 Å². The number of carbonyl (C=O) groups excluding carboxylic acids is 10. The molecule has 12 atom stereocenters. The molecule has 384 valence electrons. The SMILES string of the molecule is CNC(=O)C(CSS[C@@H]1OC(COC(C)=O)[C@@H](OC(C)=O)[C@H](OC(C)=O)C1OC(C)=O)NC.CNC(=O)[C@H](CS)NC.CS[C@@H]1OC(COC(C)=O)[C@@H](OC(C)=O)[C@H](OC(C)=O)C1OC(C)=O. The van der Waals surface area contributed by atoms with Crippen molar-refractivity contribution in [2.75, 3.05) is 59.2 Å². The highest BCUT2D eigenvalue weighted by molar-refractivity contribution is 8.76. The third kappa shape index (κ3) is 24.2. The Balaban J connectivity index is 0.00000112. The number of nitrogens with one attached hydrogen (secondary N) is 4. The van der Waals surface area contributed by atoms with Crippen LogP contribution in [0.15, 0.2) is 0 Å². The zero-order valence-electron chi connectivity index (χ0n) is 39.6. The van der Waals surface area contributed by atoms with Gasteiger partial charge in [0.25, 0.3) is 0 Å². The van der Waals surface area contributed by atoms with Crippen LogP contribution in [0.1, 0.15) is 55.4 Å². The lowest BCUT2D eigenvalue weighted by Gasteiger charge is -2.44. The first-order chi connectivity index (χ1) is 31.4. The van der Waals surface area contributed by atoms with Crippen LogP contribution >= 0.6 is 46.0 Å². The molecule has 0 bridgehead atoms. The van der Waals surface area contributed by atoms with E-state index in [2.05, 4.69) is 33.9 Å². The molecule has 4 N–H and O–H groups in total. The van der Waals surface area contributed by atoms with Crippen LogP contribution in [0.25, 0.3) is 0 Å². The number of carbonyl (C=O) groups is 10. The van der Waals surface area contributed by atoms with Crippen LogP contribution in [-0.2, 0) is 95.3 Å². The highest BCUT2D eigenvalue weighted by atomic mass is 33.1. The van der Waals surface area contributed by atoms with Crippen molar-refractivity contribution in [3.63, 3.8) is 0 Å². The van der Waals surface area contributed by atoms with Gasteiger partial charge in [-0.1, -0.05) is 21.6 Å². The van der Waals surface area contributed by atoms with Crippen molar-refractivity contribution in [3.8, 4) is 0 Å². The van der Waals surface area contributed by atoms with E-state index in [4.69, 9.17) is 47.4 Å². The van der Waals surface area contributed by atoms with Gasteiger partial charge in [0.05, 0.1) is 12.1 Å². The Morgan fingerprint density at radius 1 is 0.493 bits per heavy atom. The van der Waals surface area contributed by atoms with Gasteiger partial charge in [-0.05, 0) is 20.4 Å². The maximum absolute atomic E-state index is 11.9. The fourth-order valence-electron chi connectivity index (χ4n) is 5.76. The third-order valence-corrected chi connectivity index (χ3v) is 12.3. The maximum Gasteiger partial charge on any atom is 0.303 e. The fraction of sp³-hybridized carbons (Fsp3) is 0.744. The number of hydrogen-bond donors (Lipinski definition) is 5. The largest absolute Gasteiger partial charge is 0.463 e. The molecule has 5 unspecified atom stereocenters. The second-order valence-electron chi connectivity index (χ2n) is 13.8. The molecule has 0 aliphatic carbocycles. The molecule has 24 nitrogen and oxygen atoms in total. The highest BCUT2D eigenvalue weighted by Crippen LogP contribution is 2.39. The van der Waals surface area contributed by atoms with Crippen molar-refractivity contribution < 1.29 is 95.3 Å². The van der Waals surface area contributed by atoms with Crippen molar-refractivity contribution in [1.82, 2.24) is 21.3 Å². The minimum Gasteiger partial charge on any atom is -0.463 e. The van der Waals surface area contributed by atoms with Gasteiger partial charge in [0.2, 0.25) is 11.8 Å². The molecule has 2 aliphatic rings. The van der Waals surface area contributed by atoms with E-state index < -0.39 is 114 Å². The van der Waals surface area contributed by atoms with Crippen molar-refractivity contribution >= 4 is 106 Å². The summed E-state index contributed by atoms with van der Waals surface area (Å²) >= 11 is 5.18. The Morgan fingerprint density at radius 3 is 1.12 bits per heavy atom. The summed E-state index contributed by atoms with van der Waals surface area (Å²) in [6.07, 6.45) is -6.95. The van der Waals surface area contributed by atoms with Gasteiger partial charge in [-0.15, -0.1) is 11.8 Å². The van der Waals surface area contributed by atoms with E-state index in [1.165, 1.54) is 71.1 Å². The molecular weight excluding hydrogens is 973 g/mol. The molecule has 2 saturated heterocycles. The number of likely N-dealkylation sites (N-methyl/N-ethyl adjacent to an activating group) is 4. The van der Waals surface area contributed by atoms with Crippen molar-refractivity contribution in [1.29, 1.82) is 0 Å². The number of amides is 2. The van der Waals surface area contributed by atoms with Gasteiger partial charge >= 0.3 is 47.8 Å². The zero-order chi connectivity index (χ0) is 51.6. The molecule has 67 heavy (non-hydrogen) atoms. The smallest absolute Gasteiger partial charge is 0.303 e. The number of thiol groups is 1. The number of esters is 8. The van der Waals surface area contributed by atoms with Gasteiger partial charge in [0.15, 0.2) is 42.1 Å². The minimum atomic E-state index is -1.22. The summed E-state index contributed by atoms with van der Waals surface area (Å²) in [6.45, 7) is 8.96. The molecule has 0 saturated carbocycles. The molecule has 2 fully saturated rings. The Labute approximate surface area is 406 Å². The summed E-state index contributed by atoms with van der Waals surface area (Å²) in [4.78, 5) is 115. The maximum atomic E-state index is 11.9. The monoisotopic (exact) mass is 1040 g/mol. The predicted octanol–water partition coefficient (Wildman–Crippen LogP) is -0.532. The van der Waals surface area contributed by atoms with E-state index in [9.17, 15) is 47.9 Å². The van der Waals surface area contributed by atoms with Crippen molar-refractivity contribution in [2.45, 2.75) is 127 Å². The van der Waals surface area contributed by atoms with Crippen molar-refractivity contribution in [2.24, 2.45) is 0 Å². The average Bonchev–Trinajstić information content (AvgIpc) is 3.23. The van der Waals surface area contributed by atoms with Crippen LogP contribution in [0.2, 0.25) is 0 Å². The molecule has 28 heteroatoms. The standard InChI is InChI=1S/C19H30N2O10S2.C15H22O9S.C5H12N2OS/c1-9(22)27-7-14-15(28-10(2)23)16(29-11(3)24)17(30-12(4)25)19(31-14)33-32-8-13(20-5)18(26)21-6;1-7(16)20-6-11-12(21-8(2)17)13(22-9(3)18)14(23-10(4)19)15(24-11)25-5;1-6-4(3-9)5(8)7-2/h13-17,19-20H,7-8H2,1-6H3,(H,21,26);11-15H,6H2,1-5H3;4,6,9H,3H2,1-2H3,(H,7,8)/t13?,14?,15-,16+,17?,19+;11?,12-,13+,14?,15+;4-/m110/s1. The topological polar surface area (TPSA) is 311 Å². The normalized spacial score (nSPS) is 24.9. The molecule has 0 aromatic carbocycles. The third-order valence-electron chi connectivity index (χ3n) is 8.53. The van der Waals surface area contributed by atoms with Crippen LogP contribution < -0.4 is 21.3 Å². The lowest BCUT2D eigenvalue weighted by Crippen LogP contribution is -2.61. The lowest BCUT2D eigenvalue weighted by molar-refractivity contribution is -0.237. The molecule has 0 aromatic rings. The number of thioether (sulfide) groups is 1. The molecule has 2 amide bonds. The summed E-state index contributed by atoms with van der Waals surface area (Å²) in [7, 11) is 8.88. The molecular formula is C39H64N4O20S4. The van der Waals surface area contributed by atoms with Crippen LogP contribution in [0.4, 0.5) is 0 Å². The molecule has 2 rings (SSSR count). The Kier molecular flexibility index (Phi) is 31.4. The number of hydrogen-bond acceptors (Lipinski definition) is 26. The molecule has 0 radical (unpaired) electrons. The fourth-order valence-corrected chi connectivity index (χ4v) is 9.53. The second kappa shape index (κ2) is 33.4. The number of ether oxygens (including phenoxy) is 10. The molecule has 0 aromatic heterocycles. The summed E-state index contributed by atoms with van der Waals surface area (Å²) in [6, 6.07) is -0.670. The molecule has 2 heterocycles. The first-order valence-corrected chi connectivity index (χ1v) is 24.5. The van der Waals surface area contributed by atoms with Gasteiger partial charge in [0, 0.05) is 81.0 Å². The van der Waals surface area contributed by atoms with E-state index >= 15 is 0 Å². The van der Waals surface area contributed by atoms with Gasteiger partial charge in [-0.25, -0.2) is 0 Å². The van der Waals surface area contributed by atoms with Crippen LogP contribution in [-0.4, -0.2) is 191 Å². The van der Waals surface area contributed by atoms with Crippen molar-refractivity contribution in [3.05, 3.63) is 0 Å². The first-order valence-electron chi connectivity index (χ1n) is 20.2. The van der Waals surface area contributed by atoms with E-state index in [1.807, 2.05) is 0 Å². The Hall–Kier alpha value is -4.06. The molecule has 2 aliphatic heterocycles. The lowest BCUT2D eigenvalue weighted by atomic mass is 9.99. The average molecular weight is 1040 g/mol. The van der Waals surface area contributed by atoms with Gasteiger partial charge in [-0.3, -0.25) is 47.9 Å². The zero-order valence-corrected chi connectivity index (χ0v) is 42.9. The second-order valence-corrected chi connectivity index (χ2v) is 17.7. The summed E-state index contributed by atoms with van der Waals surface area (Å²) in [5, 5.41) is 10.8. The van der Waals surface area contributed by atoms with Crippen LogP contribution in [0, 0.1) is 0 Å². The highest BCUT2D eigenvalue weighted by Gasteiger charge is 2.53. The first kappa shape index (κ1) is 62.9. The Morgan fingerprint density at radius 2 is 0.821 bits per heavy atom. The summed E-state index contributed by atoms with van der Waals surface area (Å²) < 4.78 is 53.5. The number of rotatable bonds is 20. The van der Waals surface area contributed by atoms with Crippen LogP contribution in [0.3, 0.4) is 0 Å². The van der Waals surface area contributed by atoms with E-state index in [0.29, 0.717) is 11.5 Å². The summed E-state index contributed by atoms with van der Waals surface area (Å²) in [5.41, 5.74) is -1.61. The van der Waals surface area contributed by atoms with E-state index in [-0.39, 0.29) is 31.1 Å². The quantitative estimate of drug-likeness (QED) is 0.0443. The predicted molar refractivity (Wildman–Crippen MR) is 245 cm³/mol. The minimum absolute atomic E-state index is 0.0208. The Bertz CT molecular complexity index is 1660. The van der Waals surface area contributed by atoms with Gasteiger partial charge < -0.3 is 68.6 Å². The van der Waals surface area contributed by atoms with E-state index in [1.54, 1.807) is 27.4 Å². The van der Waals surface area contributed by atoms with Gasteiger partial charge in [0.1, 0.15) is 30.9 Å². The van der Waals surface area contributed by atoms with Crippen LogP contribution in [0.5, 0.6) is 0 Å². The summed E-state index contributed by atoms with van der Waals surface area (Å²) in [5.74, 6) is -4.49. The van der Waals surface area contributed by atoms with E-state index in [0.717, 1.165) is 24.6 Å². The molecule has 0 spiro atoms.